The average molecular weight is 286 g/mol. The molecule has 2 fully saturated rings. The van der Waals surface area contributed by atoms with E-state index in [2.05, 4.69) is 48.3 Å². The molecule has 2 nitrogen and oxygen atoms in total. The molecule has 116 valence electrons. The van der Waals surface area contributed by atoms with Crippen LogP contribution in [0, 0.1) is 18.8 Å². The molecule has 21 heavy (non-hydrogen) atoms. The third-order valence-electron chi connectivity index (χ3n) is 5.40. The SMILES string of the molecule is CCC1CC(NCC2CCC2)CN(c2cccc(C)c2)C1. The first-order valence-corrected chi connectivity index (χ1v) is 8.79. The minimum Gasteiger partial charge on any atom is -0.370 e. The summed E-state index contributed by atoms with van der Waals surface area (Å²) in [6, 6.07) is 9.66. The number of nitrogens with one attached hydrogen (secondary N) is 1. The van der Waals surface area contributed by atoms with Crippen LogP contribution in [0.5, 0.6) is 0 Å². The number of nitrogens with zero attached hydrogens (tertiary/aromatic N) is 1. The molecule has 1 aliphatic heterocycles. The summed E-state index contributed by atoms with van der Waals surface area (Å²) in [6.45, 7) is 8.17. The van der Waals surface area contributed by atoms with Crippen molar-refractivity contribution in [3.05, 3.63) is 29.8 Å². The topological polar surface area (TPSA) is 15.3 Å². The first kappa shape index (κ1) is 14.9. The van der Waals surface area contributed by atoms with Crippen molar-refractivity contribution >= 4 is 5.69 Å². The zero-order chi connectivity index (χ0) is 14.7. The van der Waals surface area contributed by atoms with Crippen molar-refractivity contribution in [2.75, 3.05) is 24.5 Å². The van der Waals surface area contributed by atoms with E-state index in [1.54, 1.807) is 0 Å². The van der Waals surface area contributed by atoms with Crippen LogP contribution >= 0.6 is 0 Å². The fourth-order valence-electron chi connectivity index (χ4n) is 3.71. The molecular weight excluding hydrogens is 256 g/mol. The van der Waals surface area contributed by atoms with Gasteiger partial charge in [-0.2, -0.15) is 0 Å². The molecule has 1 aliphatic carbocycles. The molecule has 2 unspecified atom stereocenters. The largest absolute Gasteiger partial charge is 0.370 e. The van der Waals surface area contributed by atoms with Gasteiger partial charge in [-0.1, -0.05) is 31.9 Å². The Morgan fingerprint density at radius 1 is 1.19 bits per heavy atom. The number of hydrogen-bond acceptors (Lipinski definition) is 2. The van der Waals surface area contributed by atoms with Crippen LogP contribution in [0.1, 0.15) is 44.6 Å². The Morgan fingerprint density at radius 2 is 2.05 bits per heavy atom. The third kappa shape index (κ3) is 3.79. The van der Waals surface area contributed by atoms with Crippen LogP contribution in [-0.4, -0.2) is 25.7 Å². The van der Waals surface area contributed by atoms with Gasteiger partial charge in [-0.25, -0.2) is 0 Å². The second kappa shape index (κ2) is 6.83. The van der Waals surface area contributed by atoms with E-state index in [0.29, 0.717) is 6.04 Å². The number of aryl methyl sites for hydroxylation is 1. The molecule has 0 bridgehead atoms. The van der Waals surface area contributed by atoms with Crippen molar-refractivity contribution in [3.8, 4) is 0 Å². The highest BCUT2D eigenvalue weighted by Gasteiger charge is 2.27. The summed E-state index contributed by atoms with van der Waals surface area (Å²) in [6.07, 6.45) is 6.98. The lowest BCUT2D eigenvalue weighted by atomic mass is 9.84. The second-order valence-corrected chi connectivity index (χ2v) is 7.16. The van der Waals surface area contributed by atoms with E-state index in [0.717, 1.165) is 11.8 Å². The van der Waals surface area contributed by atoms with E-state index >= 15 is 0 Å². The molecule has 2 aliphatic rings. The highest BCUT2D eigenvalue weighted by molar-refractivity contribution is 5.49. The highest BCUT2D eigenvalue weighted by atomic mass is 15.2. The Hall–Kier alpha value is -1.02. The predicted molar refractivity (Wildman–Crippen MR) is 90.9 cm³/mol. The standard InChI is InChI=1S/C19H30N2/c1-3-16-11-18(20-12-17-7-5-8-17)14-21(13-16)19-9-4-6-15(2)10-19/h4,6,9-10,16-18,20H,3,5,7-8,11-14H2,1-2H3. The normalized spacial score (nSPS) is 26.7. The molecule has 2 heteroatoms. The van der Waals surface area contributed by atoms with Crippen LogP contribution in [0.15, 0.2) is 24.3 Å². The van der Waals surface area contributed by atoms with E-state index < -0.39 is 0 Å². The van der Waals surface area contributed by atoms with E-state index in [1.807, 2.05) is 0 Å². The minimum atomic E-state index is 0.671. The lowest BCUT2D eigenvalue weighted by Crippen LogP contribution is -2.50. The summed E-state index contributed by atoms with van der Waals surface area (Å²) in [5.41, 5.74) is 2.77. The lowest BCUT2D eigenvalue weighted by molar-refractivity contribution is 0.262. The summed E-state index contributed by atoms with van der Waals surface area (Å²) >= 11 is 0. The zero-order valence-electron chi connectivity index (χ0n) is 13.6. The zero-order valence-corrected chi connectivity index (χ0v) is 13.6. The molecule has 1 saturated heterocycles. The Morgan fingerprint density at radius 3 is 2.71 bits per heavy atom. The van der Waals surface area contributed by atoms with Crippen LogP contribution in [0.2, 0.25) is 0 Å². The Bertz CT molecular complexity index is 453. The van der Waals surface area contributed by atoms with Gasteiger partial charge in [0.1, 0.15) is 0 Å². The van der Waals surface area contributed by atoms with Crippen LogP contribution in [0.25, 0.3) is 0 Å². The maximum Gasteiger partial charge on any atom is 0.0369 e. The molecule has 0 amide bonds. The summed E-state index contributed by atoms with van der Waals surface area (Å²) in [7, 11) is 0. The molecule has 1 saturated carbocycles. The molecule has 3 rings (SSSR count). The maximum absolute atomic E-state index is 3.86. The van der Waals surface area contributed by atoms with Crippen molar-refractivity contribution in [2.24, 2.45) is 11.8 Å². The van der Waals surface area contributed by atoms with Crippen LogP contribution in [0.3, 0.4) is 0 Å². The number of hydrogen-bond donors (Lipinski definition) is 1. The monoisotopic (exact) mass is 286 g/mol. The first-order chi connectivity index (χ1) is 10.2. The molecule has 2 atom stereocenters. The molecule has 0 radical (unpaired) electrons. The van der Waals surface area contributed by atoms with Crippen LogP contribution < -0.4 is 10.2 Å². The number of benzene rings is 1. The summed E-state index contributed by atoms with van der Waals surface area (Å²) in [5, 5.41) is 3.86. The van der Waals surface area contributed by atoms with Gasteiger partial charge in [-0.3, -0.25) is 0 Å². The van der Waals surface area contributed by atoms with Gasteiger partial charge in [-0.15, -0.1) is 0 Å². The Balaban J connectivity index is 1.62. The number of piperidine rings is 1. The fraction of sp³-hybridized carbons (Fsp3) is 0.684. The van der Waals surface area contributed by atoms with Gasteiger partial charge < -0.3 is 10.2 Å². The molecule has 1 heterocycles. The van der Waals surface area contributed by atoms with Crippen molar-refractivity contribution in [1.82, 2.24) is 5.32 Å². The van der Waals surface area contributed by atoms with Gasteiger partial charge in [-0.05, 0) is 62.3 Å². The van der Waals surface area contributed by atoms with E-state index in [4.69, 9.17) is 0 Å². The van der Waals surface area contributed by atoms with E-state index in [9.17, 15) is 0 Å². The van der Waals surface area contributed by atoms with Gasteiger partial charge in [0.15, 0.2) is 0 Å². The molecule has 1 aromatic carbocycles. The van der Waals surface area contributed by atoms with Crippen LogP contribution in [0.4, 0.5) is 5.69 Å². The number of anilines is 1. The van der Waals surface area contributed by atoms with Gasteiger partial charge in [0.05, 0.1) is 0 Å². The molecule has 0 aromatic heterocycles. The van der Waals surface area contributed by atoms with Gasteiger partial charge in [0.2, 0.25) is 0 Å². The quantitative estimate of drug-likeness (QED) is 0.880. The van der Waals surface area contributed by atoms with Gasteiger partial charge in [0.25, 0.3) is 0 Å². The summed E-state index contributed by atoms with van der Waals surface area (Å²) < 4.78 is 0. The van der Waals surface area contributed by atoms with Crippen molar-refractivity contribution < 1.29 is 0 Å². The Labute approximate surface area is 129 Å². The van der Waals surface area contributed by atoms with Crippen molar-refractivity contribution in [2.45, 2.75) is 52.0 Å². The van der Waals surface area contributed by atoms with E-state index in [1.165, 1.54) is 63.0 Å². The fourth-order valence-corrected chi connectivity index (χ4v) is 3.71. The number of rotatable bonds is 5. The van der Waals surface area contributed by atoms with E-state index in [-0.39, 0.29) is 0 Å². The third-order valence-corrected chi connectivity index (χ3v) is 5.40. The molecule has 1 N–H and O–H groups in total. The minimum absolute atomic E-state index is 0.671. The van der Waals surface area contributed by atoms with Crippen LogP contribution in [-0.2, 0) is 0 Å². The van der Waals surface area contributed by atoms with Gasteiger partial charge in [0, 0.05) is 24.8 Å². The summed E-state index contributed by atoms with van der Waals surface area (Å²) in [5.74, 6) is 1.79. The molecule has 1 aromatic rings. The predicted octanol–water partition coefficient (Wildman–Crippen LogP) is 3.99. The highest BCUT2D eigenvalue weighted by Crippen LogP contribution is 2.28. The Kier molecular flexibility index (Phi) is 4.84. The summed E-state index contributed by atoms with van der Waals surface area (Å²) in [4.78, 5) is 2.60. The van der Waals surface area contributed by atoms with Gasteiger partial charge >= 0.3 is 0 Å². The lowest BCUT2D eigenvalue weighted by Gasteiger charge is -2.40. The average Bonchev–Trinajstić information content (AvgIpc) is 2.45. The first-order valence-electron chi connectivity index (χ1n) is 8.79. The molecular formula is C19H30N2. The van der Waals surface area contributed by atoms with Crippen molar-refractivity contribution in [3.63, 3.8) is 0 Å². The smallest absolute Gasteiger partial charge is 0.0369 e. The second-order valence-electron chi connectivity index (χ2n) is 7.16. The molecule has 0 spiro atoms. The van der Waals surface area contributed by atoms with Crippen molar-refractivity contribution in [1.29, 1.82) is 0 Å². The maximum atomic E-state index is 3.86.